The van der Waals surface area contributed by atoms with E-state index in [1.807, 2.05) is 0 Å². The average molecular weight is 303 g/mol. The number of piperazine rings is 1. The van der Waals surface area contributed by atoms with E-state index < -0.39 is 23.8 Å². The number of halogens is 3. The Hall–Kier alpha value is -2.39. The largest absolute Gasteiger partial charge is 0.451 e. The predicted octanol–water partition coefficient (Wildman–Crippen LogP) is 0.390. The van der Waals surface area contributed by atoms with Gasteiger partial charge in [0.05, 0.1) is 13.1 Å². The Bertz CT molecular complexity index is 559. The zero-order chi connectivity index (χ0) is 15.6. The van der Waals surface area contributed by atoms with Crippen LogP contribution in [0.1, 0.15) is 12.7 Å². The van der Waals surface area contributed by atoms with E-state index in [1.165, 1.54) is 11.0 Å². The van der Waals surface area contributed by atoms with Crippen LogP contribution in [-0.4, -0.2) is 41.4 Å². The Labute approximate surface area is 117 Å². The average Bonchev–Trinajstić information content (AvgIpc) is 2.36. The summed E-state index contributed by atoms with van der Waals surface area (Å²) in [6.45, 7) is 1.58. The molecule has 0 saturated carbocycles. The number of hydrogen-bond acceptors (Lipinski definition) is 6. The fourth-order valence-electron chi connectivity index (χ4n) is 1.79. The number of rotatable bonds is 3. The van der Waals surface area contributed by atoms with E-state index in [2.05, 4.69) is 20.6 Å². The van der Waals surface area contributed by atoms with Crippen LogP contribution < -0.4 is 15.5 Å². The van der Waals surface area contributed by atoms with Crippen molar-refractivity contribution in [2.45, 2.75) is 13.1 Å². The Balaban J connectivity index is 2.39. The standard InChI is InChI=1S/C11H12F3N5O2/c1-2-15-6-3-7(17-10(16-6)11(12,13)14)19-4-8(20)18-9(21)5-19/h3H,2,4-5H2,1H3,(H,15,16,17)(H,18,20,21). The molecule has 0 spiro atoms. The molecule has 1 fully saturated rings. The van der Waals surface area contributed by atoms with Gasteiger partial charge in [-0.25, -0.2) is 9.97 Å². The maximum absolute atomic E-state index is 12.8. The summed E-state index contributed by atoms with van der Waals surface area (Å²) in [5, 5.41) is 4.72. The smallest absolute Gasteiger partial charge is 0.370 e. The summed E-state index contributed by atoms with van der Waals surface area (Å²) < 4.78 is 38.4. The maximum Gasteiger partial charge on any atom is 0.451 e. The van der Waals surface area contributed by atoms with E-state index in [-0.39, 0.29) is 24.7 Å². The maximum atomic E-state index is 12.8. The highest BCUT2D eigenvalue weighted by Crippen LogP contribution is 2.29. The number of amides is 2. The molecule has 1 saturated heterocycles. The van der Waals surface area contributed by atoms with E-state index in [4.69, 9.17) is 0 Å². The molecule has 7 nitrogen and oxygen atoms in total. The second-order valence-corrected chi connectivity index (χ2v) is 4.29. The molecule has 2 N–H and O–H groups in total. The molecule has 10 heteroatoms. The summed E-state index contributed by atoms with van der Waals surface area (Å²) in [5.41, 5.74) is 0. The number of carbonyl (C=O) groups is 2. The van der Waals surface area contributed by atoms with E-state index in [9.17, 15) is 22.8 Å². The molecule has 1 aromatic heterocycles. The fourth-order valence-corrected chi connectivity index (χ4v) is 1.79. The number of imide groups is 1. The molecule has 114 valence electrons. The molecule has 0 aromatic carbocycles. The van der Waals surface area contributed by atoms with Crippen LogP contribution in [0.3, 0.4) is 0 Å². The summed E-state index contributed by atoms with van der Waals surface area (Å²) in [6, 6.07) is 1.27. The monoisotopic (exact) mass is 303 g/mol. The number of alkyl halides is 3. The number of hydrogen-bond donors (Lipinski definition) is 2. The third-order valence-corrected chi connectivity index (χ3v) is 2.60. The third-order valence-electron chi connectivity index (χ3n) is 2.60. The van der Waals surface area contributed by atoms with Crippen molar-refractivity contribution in [1.29, 1.82) is 0 Å². The first-order valence-corrected chi connectivity index (χ1v) is 6.07. The minimum atomic E-state index is -4.72. The van der Waals surface area contributed by atoms with Crippen molar-refractivity contribution >= 4 is 23.5 Å². The molecule has 1 aliphatic rings. The van der Waals surface area contributed by atoms with Gasteiger partial charge in [-0.1, -0.05) is 0 Å². The van der Waals surface area contributed by atoms with Gasteiger partial charge in [0.1, 0.15) is 11.6 Å². The minimum Gasteiger partial charge on any atom is -0.370 e. The molecule has 2 amide bonds. The van der Waals surface area contributed by atoms with Gasteiger partial charge in [0.25, 0.3) is 0 Å². The summed E-state index contributed by atoms with van der Waals surface area (Å²) in [6.07, 6.45) is -4.72. The van der Waals surface area contributed by atoms with Gasteiger partial charge in [0, 0.05) is 12.6 Å². The van der Waals surface area contributed by atoms with Gasteiger partial charge in [-0.2, -0.15) is 13.2 Å². The lowest BCUT2D eigenvalue weighted by molar-refractivity contribution is -0.144. The zero-order valence-corrected chi connectivity index (χ0v) is 11.0. The highest BCUT2D eigenvalue weighted by molar-refractivity contribution is 6.02. The van der Waals surface area contributed by atoms with Crippen LogP contribution in [0.4, 0.5) is 24.8 Å². The molecule has 1 aromatic rings. The zero-order valence-electron chi connectivity index (χ0n) is 11.0. The molecule has 1 aliphatic heterocycles. The van der Waals surface area contributed by atoms with Crippen LogP contribution in [0.5, 0.6) is 0 Å². The summed E-state index contributed by atoms with van der Waals surface area (Å²) >= 11 is 0. The summed E-state index contributed by atoms with van der Waals surface area (Å²) in [5.74, 6) is -2.66. The summed E-state index contributed by atoms with van der Waals surface area (Å²) in [7, 11) is 0. The Morgan fingerprint density at radius 1 is 1.29 bits per heavy atom. The number of nitrogens with zero attached hydrogens (tertiary/aromatic N) is 3. The van der Waals surface area contributed by atoms with E-state index in [0.717, 1.165) is 0 Å². The number of carbonyl (C=O) groups excluding carboxylic acids is 2. The van der Waals surface area contributed by atoms with Gasteiger partial charge in [0.15, 0.2) is 0 Å². The van der Waals surface area contributed by atoms with Gasteiger partial charge in [-0.3, -0.25) is 14.9 Å². The van der Waals surface area contributed by atoms with E-state index >= 15 is 0 Å². The van der Waals surface area contributed by atoms with Gasteiger partial charge in [-0.15, -0.1) is 0 Å². The van der Waals surface area contributed by atoms with Crippen molar-refractivity contribution in [2.24, 2.45) is 0 Å². The van der Waals surface area contributed by atoms with Crippen LogP contribution in [0.15, 0.2) is 6.07 Å². The predicted molar refractivity (Wildman–Crippen MR) is 66.6 cm³/mol. The Morgan fingerprint density at radius 3 is 2.43 bits per heavy atom. The van der Waals surface area contributed by atoms with E-state index in [0.29, 0.717) is 6.54 Å². The van der Waals surface area contributed by atoms with Gasteiger partial charge < -0.3 is 10.2 Å². The highest BCUT2D eigenvalue weighted by atomic mass is 19.4. The van der Waals surface area contributed by atoms with Gasteiger partial charge >= 0.3 is 6.18 Å². The second-order valence-electron chi connectivity index (χ2n) is 4.29. The third kappa shape index (κ3) is 3.58. The molecule has 2 rings (SSSR count). The molecule has 2 heterocycles. The van der Waals surface area contributed by atoms with Crippen molar-refractivity contribution in [3.05, 3.63) is 11.9 Å². The van der Waals surface area contributed by atoms with Crippen LogP contribution in [0.2, 0.25) is 0 Å². The molecular weight excluding hydrogens is 291 g/mol. The molecular formula is C11H12F3N5O2. The van der Waals surface area contributed by atoms with Crippen LogP contribution >= 0.6 is 0 Å². The van der Waals surface area contributed by atoms with Crippen LogP contribution in [0, 0.1) is 0 Å². The first-order chi connectivity index (χ1) is 9.79. The molecule has 0 unspecified atom stereocenters. The lowest BCUT2D eigenvalue weighted by Crippen LogP contribution is -2.51. The highest BCUT2D eigenvalue weighted by Gasteiger charge is 2.36. The van der Waals surface area contributed by atoms with Crippen LogP contribution in [0.25, 0.3) is 0 Å². The molecule has 21 heavy (non-hydrogen) atoms. The van der Waals surface area contributed by atoms with Crippen molar-refractivity contribution < 1.29 is 22.8 Å². The lowest BCUT2D eigenvalue weighted by Gasteiger charge is -2.27. The number of nitrogens with one attached hydrogen (secondary N) is 2. The fraction of sp³-hybridized carbons (Fsp3) is 0.455. The Morgan fingerprint density at radius 2 is 1.90 bits per heavy atom. The molecule has 0 atom stereocenters. The molecule has 0 aliphatic carbocycles. The van der Waals surface area contributed by atoms with E-state index in [1.54, 1.807) is 6.92 Å². The lowest BCUT2D eigenvalue weighted by atomic mass is 10.3. The SMILES string of the molecule is CCNc1cc(N2CC(=O)NC(=O)C2)nc(C(F)(F)F)n1. The topological polar surface area (TPSA) is 87.2 Å². The second kappa shape index (κ2) is 5.54. The minimum absolute atomic E-state index is 0.0201. The Kier molecular flexibility index (Phi) is 3.96. The molecule has 0 bridgehead atoms. The summed E-state index contributed by atoms with van der Waals surface area (Å²) in [4.78, 5) is 30.5. The number of anilines is 2. The van der Waals surface area contributed by atoms with Crippen molar-refractivity contribution in [3.8, 4) is 0 Å². The first kappa shape index (κ1) is 15.0. The van der Waals surface area contributed by atoms with Crippen molar-refractivity contribution in [2.75, 3.05) is 29.9 Å². The normalized spacial score (nSPS) is 15.9. The number of aromatic nitrogens is 2. The van der Waals surface area contributed by atoms with Crippen molar-refractivity contribution in [3.63, 3.8) is 0 Å². The van der Waals surface area contributed by atoms with Gasteiger partial charge in [-0.05, 0) is 6.92 Å². The first-order valence-electron chi connectivity index (χ1n) is 6.07. The molecule has 0 radical (unpaired) electrons. The van der Waals surface area contributed by atoms with Crippen LogP contribution in [-0.2, 0) is 15.8 Å². The van der Waals surface area contributed by atoms with Crippen molar-refractivity contribution in [1.82, 2.24) is 15.3 Å². The van der Waals surface area contributed by atoms with Gasteiger partial charge in [0.2, 0.25) is 17.6 Å². The quantitative estimate of drug-likeness (QED) is 0.786.